The lowest BCUT2D eigenvalue weighted by molar-refractivity contribution is -0.274. The Hall–Kier alpha value is -1.81. The van der Waals surface area contributed by atoms with E-state index in [2.05, 4.69) is 10.1 Å². The fraction of sp³-hybridized carbons (Fsp3) is 0.533. The van der Waals surface area contributed by atoms with E-state index in [-0.39, 0.29) is 18.0 Å². The molecule has 0 radical (unpaired) electrons. The molecule has 0 aromatic heterocycles. The fourth-order valence-corrected chi connectivity index (χ4v) is 4.45. The molecule has 0 bridgehead atoms. The van der Waals surface area contributed by atoms with Gasteiger partial charge in [-0.3, -0.25) is 4.79 Å². The molecule has 1 aromatic carbocycles. The van der Waals surface area contributed by atoms with Crippen LogP contribution in [0, 0.1) is 0 Å². The number of nitrogens with zero attached hydrogens (tertiary/aromatic N) is 1. The van der Waals surface area contributed by atoms with Gasteiger partial charge in [0.15, 0.2) is 0 Å². The molecule has 10 heteroatoms. The van der Waals surface area contributed by atoms with Gasteiger partial charge in [0.1, 0.15) is 11.8 Å². The van der Waals surface area contributed by atoms with Crippen LogP contribution >= 0.6 is 0 Å². The van der Waals surface area contributed by atoms with E-state index in [1.54, 1.807) is 6.92 Å². The summed E-state index contributed by atoms with van der Waals surface area (Å²) in [6.45, 7) is 1.99. The molecule has 1 N–H and O–H groups in total. The van der Waals surface area contributed by atoms with Crippen LogP contribution in [0.2, 0.25) is 0 Å². The first-order valence-electron chi connectivity index (χ1n) is 7.78. The van der Waals surface area contributed by atoms with Gasteiger partial charge < -0.3 is 10.1 Å². The summed E-state index contributed by atoms with van der Waals surface area (Å²) in [6, 6.07) is 3.99. The zero-order valence-corrected chi connectivity index (χ0v) is 14.4. The third-order valence-corrected chi connectivity index (χ3v) is 5.74. The molecule has 6 nitrogen and oxygen atoms in total. The van der Waals surface area contributed by atoms with E-state index in [9.17, 15) is 26.4 Å². The zero-order valence-electron chi connectivity index (χ0n) is 13.5. The highest BCUT2D eigenvalue weighted by molar-refractivity contribution is 7.89. The molecule has 25 heavy (non-hydrogen) atoms. The topological polar surface area (TPSA) is 75.7 Å². The molecular weight excluding hydrogens is 361 g/mol. The monoisotopic (exact) mass is 380 g/mol. The first kappa shape index (κ1) is 19.5. The minimum atomic E-state index is -4.83. The van der Waals surface area contributed by atoms with E-state index < -0.39 is 34.1 Å². The molecular formula is C15H19F3N2O4S. The SMILES string of the molecule is CCCS(=O)(=O)N1CCC[C@@H]1C(=O)Nc1cccc(OC(F)(F)F)c1. The van der Waals surface area contributed by atoms with Crippen LogP contribution in [-0.2, 0) is 14.8 Å². The molecule has 1 aliphatic rings. The maximum atomic E-state index is 12.4. The first-order valence-corrected chi connectivity index (χ1v) is 9.39. The van der Waals surface area contributed by atoms with Gasteiger partial charge in [0.2, 0.25) is 15.9 Å². The van der Waals surface area contributed by atoms with Crippen LogP contribution in [0.3, 0.4) is 0 Å². The van der Waals surface area contributed by atoms with Crippen molar-refractivity contribution in [1.29, 1.82) is 0 Å². The number of sulfonamides is 1. The molecule has 2 rings (SSSR count). The standard InChI is InChI=1S/C15H19F3N2O4S/c1-2-9-25(22,23)20-8-4-7-13(20)14(21)19-11-5-3-6-12(10-11)24-15(16,17)18/h3,5-6,10,13H,2,4,7-9H2,1H3,(H,19,21)/t13-/m1/s1. The second-order valence-electron chi connectivity index (χ2n) is 5.65. The Balaban J connectivity index is 2.10. The smallest absolute Gasteiger partial charge is 0.406 e. The lowest BCUT2D eigenvalue weighted by Gasteiger charge is -2.23. The van der Waals surface area contributed by atoms with Crippen molar-refractivity contribution in [1.82, 2.24) is 4.31 Å². The van der Waals surface area contributed by atoms with Crippen molar-refractivity contribution in [2.75, 3.05) is 17.6 Å². The summed E-state index contributed by atoms with van der Waals surface area (Å²) in [6.07, 6.45) is -3.48. The number of carbonyl (C=O) groups is 1. The van der Waals surface area contributed by atoms with E-state index in [0.717, 1.165) is 12.1 Å². The lowest BCUT2D eigenvalue weighted by Crippen LogP contribution is -2.44. The summed E-state index contributed by atoms with van der Waals surface area (Å²) in [5.41, 5.74) is 0.103. The van der Waals surface area contributed by atoms with E-state index in [4.69, 9.17) is 0 Å². The molecule has 1 aromatic rings. The Morgan fingerprint density at radius 2 is 2.12 bits per heavy atom. The van der Waals surface area contributed by atoms with Crippen molar-refractivity contribution in [2.24, 2.45) is 0 Å². The predicted octanol–water partition coefficient (Wildman–Crippen LogP) is 2.73. The second kappa shape index (κ2) is 7.61. The minimum absolute atomic E-state index is 0.0499. The highest BCUT2D eigenvalue weighted by Gasteiger charge is 2.38. The number of benzene rings is 1. The maximum absolute atomic E-state index is 12.4. The molecule has 1 atom stereocenters. The van der Waals surface area contributed by atoms with Crippen LogP contribution in [0.15, 0.2) is 24.3 Å². The van der Waals surface area contributed by atoms with Crippen molar-refractivity contribution in [3.8, 4) is 5.75 Å². The quantitative estimate of drug-likeness (QED) is 0.823. The van der Waals surface area contributed by atoms with Crippen molar-refractivity contribution in [3.05, 3.63) is 24.3 Å². The summed E-state index contributed by atoms with van der Waals surface area (Å²) in [7, 11) is -3.53. The second-order valence-corrected chi connectivity index (χ2v) is 7.69. The molecule has 1 saturated heterocycles. The van der Waals surface area contributed by atoms with Crippen molar-refractivity contribution in [3.63, 3.8) is 0 Å². The van der Waals surface area contributed by atoms with Crippen LogP contribution in [0.25, 0.3) is 0 Å². The van der Waals surface area contributed by atoms with Gasteiger partial charge in [-0.25, -0.2) is 8.42 Å². The van der Waals surface area contributed by atoms with Crippen LogP contribution in [0.1, 0.15) is 26.2 Å². The number of hydrogen-bond acceptors (Lipinski definition) is 4. The van der Waals surface area contributed by atoms with Gasteiger partial charge in [0, 0.05) is 18.3 Å². The van der Waals surface area contributed by atoms with Gasteiger partial charge in [-0.2, -0.15) is 4.31 Å². The number of anilines is 1. The number of halogens is 3. The Morgan fingerprint density at radius 1 is 1.40 bits per heavy atom. The number of rotatable bonds is 6. The van der Waals surface area contributed by atoms with Gasteiger partial charge in [0.05, 0.1) is 5.75 Å². The Bertz CT molecular complexity index is 722. The summed E-state index contributed by atoms with van der Waals surface area (Å²) in [5.74, 6) is -1.08. The van der Waals surface area contributed by atoms with E-state index >= 15 is 0 Å². The first-order chi connectivity index (χ1) is 11.6. The molecule has 0 aliphatic carbocycles. The number of nitrogens with one attached hydrogen (secondary N) is 1. The van der Waals surface area contributed by atoms with Crippen LogP contribution < -0.4 is 10.1 Å². The molecule has 0 saturated carbocycles. The van der Waals surface area contributed by atoms with Crippen molar-refractivity contribution in [2.45, 2.75) is 38.6 Å². The van der Waals surface area contributed by atoms with Gasteiger partial charge in [0.25, 0.3) is 0 Å². The Kier molecular flexibility index (Phi) is 5.94. The summed E-state index contributed by atoms with van der Waals surface area (Å²) < 4.78 is 66.2. The molecule has 0 unspecified atom stereocenters. The van der Waals surface area contributed by atoms with Crippen LogP contribution in [0.5, 0.6) is 5.75 Å². The average molecular weight is 380 g/mol. The van der Waals surface area contributed by atoms with Crippen LogP contribution in [-0.4, -0.2) is 43.3 Å². The predicted molar refractivity (Wildman–Crippen MR) is 85.6 cm³/mol. The number of hydrogen-bond donors (Lipinski definition) is 1. The largest absolute Gasteiger partial charge is 0.573 e. The summed E-state index contributed by atoms with van der Waals surface area (Å²) in [5, 5.41) is 2.46. The average Bonchev–Trinajstić information content (AvgIpc) is 2.96. The highest BCUT2D eigenvalue weighted by Crippen LogP contribution is 2.27. The summed E-state index contributed by atoms with van der Waals surface area (Å²) >= 11 is 0. The van der Waals surface area contributed by atoms with Crippen molar-refractivity contribution < 1.29 is 31.1 Å². The molecule has 1 amide bonds. The molecule has 140 valence electrons. The van der Waals surface area contributed by atoms with Gasteiger partial charge in [-0.1, -0.05) is 13.0 Å². The van der Waals surface area contributed by atoms with Gasteiger partial charge in [-0.15, -0.1) is 13.2 Å². The molecule has 1 fully saturated rings. The van der Waals surface area contributed by atoms with E-state index in [0.29, 0.717) is 19.3 Å². The fourth-order valence-electron chi connectivity index (χ4n) is 2.71. The molecule has 0 spiro atoms. The number of amides is 1. The minimum Gasteiger partial charge on any atom is -0.406 e. The molecule has 1 aliphatic heterocycles. The number of carbonyl (C=O) groups excluding carboxylic acids is 1. The highest BCUT2D eigenvalue weighted by atomic mass is 32.2. The van der Waals surface area contributed by atoms with Gasteiger partial charge in [-0.05, 0) is 31.4 Å². The third kappa shape index (κ3) is 5.33. The summed E-state index contributed by atoms with van der Waals surface area (Å²) in [4.78, 5) is 12.4. The third-order valence-electron chi connectivity index (χ3n) is 3.66. The molecule has 1 heterocycles. The van der Waals surface area contributed by atoms with Gasteiger partial charge >= 0.3 is 6.36 Å². The van der Waals surface area contributed by atoms with E-state index in [1.165, 1.54) is 16.4 Å². The van der Waals surface area contributed by atoms with E-state index in [1.807, 2.05) is 0 Å². The Morgan fingerprint density at radius 3 is 2.76 bits per heavy atom. The number of alkyl halides is 3. The van der Waals surface area contributed by atoms with Crippen LogP contribution in [0.4, 0.5) is 18.9 Å². The number of ether oxygens (including phenoxy) is 1. The van der Waals surface area contributed by atoms with Crippen molar-refractivity contribution >= 4 is 21.6 Å². The zero-order chi connectivity index (χ0) is 18.7. The normalized spacial score (nSPS) is 19.0. The Labute approximate surface area is 144 Å². The maximum Gasteiger partial charge on any atom is 0.573 e. The lowest BCUT2D eigenvalue weighted by atomic mass is 10.2.